The van der Waals surface area contributed by atoms with E-state index in [4.69, 9.17) is 16.3 Å². The number of fused-ring (bicyclic) bond motifs is 1. The second-order valence-electron chi connectivity index (χ2n) is 5.10. The second-order valence-corrected chi connectivity index (χ2v) is 7.59. The van der Waals surface area contributed by atoms with E-state index in [0.717, 1.165) is 0 Å². The highest BCUT2D eigenvalue weighted by molar-refractivity contribution is 7.91. The first kappa shape index (κ1) is 14.5. The van der Waals surface area contributed by atoms with Crippen LogP contribution in [0.5, 0.6) is 5.88 Å². The van der Waals surface area contributed by atoms with Gasteiger partial charge in [-0.1, -0.05) is 0 Å². The Morgan fingerprint density at radius 2 is 2.29 bits per heavy atom. The van der Waals surface area contributed by atoms with Gasteiger partial charge in [0, 0.05) is 6.54 Å². The Hall–Kier alpha value is -1.41. The number of aromatic nitrogens is 4. The lowest BCUT2D eigenvalue weighted by molar-refractivity contribution is 0.401. The van der Waals surface area contributed by atoms with Crippen LogP contribution in [0.2, 0.25) is 0 Å². The SMILES string of the molecule is COc1ncnc2c1nc(CCl)n2CC1CCS(=O)(=O)C1. The number of nitrogens with zero attached hydrogens (tertiary/aromatic N) is 4. The van der Waals surface area contributed by atoms with Gasteiger partial charge in [0.05, 0.1) is 24.5 Å². The first-order chi connectivity index (χ1) is 10.0. The summed E-state index contributed by atoms with van der Waals surface area (Å²) >= 11 is 5.95. The zero-order chi connectivity index (χ0) is 15.0. The first-order valence-electron chi connectivity index (χ1n) is 6.54. The predicted molar refractivity (Wildman–Crippen MR) is 78.2 cm³/mol. The number of rotatable bonds is 4. The molecule has 9 heteroatoms. The number of halogens is 1. The van der Waals surface area contributed by atoms with Gasteiger partial charge in [0.25, 0.3) is 0 Å². The van der Waals surface area contributed by atoms with E-state index in [1.807, 2.05) is 4.57 Å². The van der Waals surface area contributed by atoms with Gasteiger partial charge in [-0.2, -0.15) is 4.98 Å². The van der Waals surface area contributed by atoms with Crippen LogP contribution in [0.15, 0.2) is 6.33 Å². The fourth-order valence-electron chi connectivity index (χ4n) is 2.68. The number of methoxy groups -OCH3 is 1. The van der Waals surface area contributed by atoms with Gasteiger partial charge >= 0.3 is 0 Å². The Bertz CT molecular complexity index is 774. The quantitative estimate of drug-likeness (QED) is 0.777. The molecule has 0 saturated carbocycles. The number of ether oxygens (including phenoxy) is 1. The summed E-state index contributed by atoms with van der Waals surface area (Å²) in [5.41, 5.74) is 1.18. The molecular formula is C12H15ClN4O3S. The average molecular weight is 331 g/mol. The van der Waals surface area contributed by atoms with Crippen molar-refractivity contribution in [3.05, 3.63) is 12.2 Å². The molecule has 1 saturated heterocycles. The van der Waals surface area contributed by atoms with E-state index < -0.39 is 9.84 Å². The van der Waals surface area contributed by atoms with E-state index in [9.17, 15) is 8.42 Å². The highest BCUT2D eigenvalue weighted by Crippen LogP contribution is 2.26. The summed E-state index contributed by atoms with van der Waals surface area (Å²) in [5, 5.41) is 0. The van der Waals surface area contributed by atoms with Gasteiger partial charge in [0.1, 0.15) is 12.2 Å². The summed E-state index contributed by atoms with van der Waals surface area (Å²) in [6.45, 7) is 0.540. The van der Waals surface area contributed by atoms with Gasteiger partial charge in [-0.15, -0.1) is 11.6 Å². The number of imidazole rings is 1. The number of alkyl halides is 1. The molecule has 0 spiro atoms. The monoisotopic (exact) mass is 330 g/mol. The molecule has 7 nitrogen and oxygen atoms in total. The van der Waals surface area contributed by atoms with Crippen LogP contribution < -0.4 is 4.74 Å². The Kier molecular flexibility index (Phi) is 3.75. The first-order valence-corrected chi connectivity index (χ1v) is 8.90. The topological polar surface area (TPSA) is 87.0 Å². The van der Waals surface area contributed by atoms with E-state index in [2.05, 4.69) is 15.0 Å². The van der Waals surface area contributed by atoms with Crippen molar-refractivity contribution in [1.82, 2.24) is 19.5 Å². The number of hydrogen-bond acceptors (Lipinski definition) is 6. The molecule has 2 aromatic heterocycles. The third kappa shape index (κ3) is 2.69. The molecule has 0 aromatic carbocycles. The maximum absolute atomic E-state index is 11.6. The van der Waals surface area contributed by atoms with E-state index in [-0.39, 0.29) is 23.3 Å². The van der Waals surface area contributed by atoms with Gasteiger partial charge in [-0.3, -0.25) is 0 Å². The third-order valence-corrected chi connectivity index (χ3v) is 5.73. The zero-order valence-electron chi connectivity index (χ0n) is 11.5. The Balaban J connectivity index is 2.01. The Morgan fingerprint density at radius 1 is 1.48 bits per heavy atom. The predicted octanol–water partition coefficient (Wildman–Crippen LogP) is 1.01. The van der Waals surface area contributed by atoms with Crippen molar-refractivity contribution in [1.29, 1.82) is 0 Å². The van der Waals surface area contributed by atoms with Crippen LogP contribution in [-0.4, -0.2) is 46.6 Å². The zero-order valence-corrected chi connectivity index (χ0v) is 13.1. The Morgan fingerprint density at radius 3 is 2.90 bits per heavy atom. The summed E-state index contributed by atoms with van der Waals surface area (Å²) in [6.07, 6.45) is 2.06. The van der Waals surface area contributed by atoms with Crippen molar-refractivity contribution in [2.75, 3.05) is 18.6 Å². The van der Waals surface area contributed by atoms with Crippen molar-refractivity contribution >= 4 is 32.6 Å². The molecular weight excluding hydrogens is 316 g/mol. The van der Waals surface area contributed by atoms with Crippen LogP contribution in [0.3, 0.4) is 0 Å². The second kappa shape index (κ2) is 5.42. The molecule has 0 bridgehead atoms. The molecule has 0 radical (unpaired) electrons. The van der Waals surface area contributed by atoms with E-state index in [1.165, 1.54) is 13.4 Å². The molecule has 21 heavy (non-hydrogen) atoms. The van der Waals surface area contributed by atoms with Gasteiger partial charge < -0.3 is 9.30 Å². The number of hydrogen-bond donors (Lipinski definition) is 0. The minimum absolute atomic E-state index is 0.0651. The fourth-order valence-corrected chi connectivity index (χ4v) is 4.73. The third-order valence-electron chi connectivity index (χ3n) is 3.66. The molecule has 1 unspecified atom stereocenters. The summed E-state index contributed by atoms with van der Waals surface area (Å²) in [7, 11) is -1.39. The Labute approximate surface area is 127 Å². The minimum Gasteiger partial charge on any atom is -0.479 e. The maximum atomic E-state index is 11.6. The lowest BCUT2D eigenvalue weighted by atomic mass is 10.1. The van der Waals surface area contributed by atoms with Crippen LogP contribution in [0.4, 0.5) is 0 Å². The highest BCUT2D eigenvalue weighted by Gasteiger charge is 2.29. The average Bonchev–Trinajstić information content (AvgIpc) is 2.99. The minimum atomic E-state index is -2.91. The normalized spacial score (nSPS) is 21.0. The van der Waals surface area contributed by atoms with Crippen molar-refractivity contribution in [3.63, 3.8) is 0 Å². The summed E-state index contributed by atoms with van der Waals surface area (Å²) in [6, 6.07) is 0. The summed E-state index contributed by atoms with van der Waals surface area (Å²) in [5.74, 6) is 1.78. The molecule has 2 aromatic rings. The fraction of sp³-hybridized carbons (Fsp3) is 0.583. The highest BCUT2D eigenvalue weighted by atomic mass is 35.5. The van der Waals surface area contributed by atoms with Gasteiger partial charge in [0.15, 0.2) is 21.0 Å². The van der Waals surface area contributed by atoms with Crippen molar-refractivity contribution in [2.45, 2.75) is 18.8 Å². The van der Waals surface area contributed by atoms with Crippen LogP contribution in [0.1, 0.15) is 12.2 Å². The molecule has 0 amide bonds. The van der Waals surface area contributed by atoms with E-state index in [1.54, 1.807) is 0 Å². The lowest BCUT2D eigenvalue weighted by Gasteiger charge is -2.11. The van der Waals surface area contributed by atoms with Gasteiger partial charge in [-0.25, -0.2) is 18.4 Å². The molecule has 0 aliphatic carbocycles. The smallest absolute Gasteiger partial charge is 0.245 e. The summed E-state index contributed by atoms with van der Waals surface area (Å²) < 4.78 is 30.2. The van der Waals surface area contributed by atoms with Crippen molar-refractivity contribution < 1.29 is 13.2 Å². The standard InChI is InChI=1S/C12H15ClN4O3S/c1-20-12-10-11(14-7-15-12)17(9(4-13)16-10)5-8-2-3-21(18,19)6-8/h7-8H,2-6H2,1H3. The van der Waals surface area contributed by atoms with E-state index in [0.29, 0.717) is 35.8 Å². The molecule has 3 rings (SSSR count). The van der Waals surface area contributed by atoms with Gasteiger partial charge in [-0.05, 0) is 12.3 Å². The molecule has 114 valence electrons. The molecule has 1 atom stereocenters. The number of sulfone groups is 1. The van der Waals surface area contributed by atoms with Crippen LogP contribution >= 0.6 is 11.6 Å². The molecule has 0 N–H and O–H groups in total. The molecule has 3 heterocycles. The van der Waals surface area contributed by atoms with Crippen LogP contribution in [-0.2, 0) is 22.3 Å². The lowest BCUT2D eigenvalue weighted by Crippen LogP contribution is -2.14. The van der Waals surface area contributed by atoms with E-state index >= 15 is 0 Å². The summed E-state index contributed by atoms with van der Waals surface area (Å²) in [4.78, 5) is 12.7. The molecule has 1 fully saturated rings. The van der Waals surface area contributed by atoms with Gasteiger partial charge in [0.2, 0.25) is 5.88 Å². The van der Waals surface area contributed by atoms with Crippen molar-refractivity contribution in [3.8, 4) is 5.88 Å². The van der Waals surface area contributed by atoms with Crippen LogP contribution in [0.25, 0.3) is 11.2 Å². The largest absolute Gasteiger partial charge is 0.479 e. The van der Waals surface area contributed by atoms with Crippen LogP contribution in [0, 0.1) is 5.92 Å². The molecule has 1 aliphatic rings. The van der Waals surface area contributed by atoms with Crippen molar-refractivity contribution in [2.24, 2.45) is 5.92 Å². The maximum Gasteiger partial charge on any atom is 0.245 e. The molecule has 1 aliphatic heterocycles.